The fourth-order valence-electron chi connectivity index (χ4n) is 3.63. The average molecular weight is 331 g/mol. The normalized spacial score (nSPS) is 21.1. The third kappa shape index (κ3) is 3.11. The summed E-state index contributed by atoms with van der Waals surface area (Å²) in [7, 11) is 3.47. The van der Waals surface area contributed by atoms with E-state index >= 15 is 0 Å². The van der Waals surface area contributed by atoms with Crippen molar-refractivity contribution in [3.8, 4) is 0 Å². The molecule has 1 saturated carbocycles. The molecular weight excluding hydrogens is 306 g/mol. The van der Waals surface area contributed by atoms with Crippen LogP contribution in [0.25, 0.3) is 11.0 Å². The molecule has 2 aromatic rings. The minimum Gasteiger partial charge on any atom is -0.393 e. The molecule has 1 aliphatic carbocycles. The molecule has 2 atom stereocenters. The van der Waals surface area contributed by atoms with Crippen LogP contribution in [0.3, 0.4) is 0 Å². The quantitative estimate of drug-likeness (QED) is 0.919. The first-order valence-corrected chi connectivity index (χ1v) is 8.55. The molecule has 0 radical (unpaired) electrons. The summed E-state index contributed by atoms with van der Waals surface area (Å²) in [6.45, 7) is 0.568. The Labute approximate surface area is 141 Å². The zero-order valence-corrected chi connectivity index (χ0v) is 14.3. The third-order valence-corrected chi connectivity index (χ3v) is 5.15. The summed E-state index contributed by atoms with van der Waals surface area (Å²) >= 11 is 0. The summed E-state index contributed by atoms with van der Waals surface area (Å²) < 4.78 is 3.08. The van der Waals surface area contributed by atoms with Gasteiger partial charge in [-0.1, -0.05) is 25.0 Å². The molecule has 1 aromatic carbocycles. The van der Waals surface area contributed by atoms with Gasteiger partial charge in [0.2, 0.25) is 5.91 Å². The summed E-state index contributed by atoms with van der Waals surface area (Å²) in [6, 6.07) is 7.48. The number of hydrogen-bond acceptors (Lipinski definition) is 3. The van der Waals surface area contributed by atoms with Crippen molar-refractivity contribution in [1.29, 1.82) is 0 Å². The number of carbonyl (C=O) groups excluding carboxylic acids is 1. The first-order valence-electron chi connectivity index (χ1n) is 8.55. The number of fused-ring (bicyclic) bond motifs is 1. The number of imidazole rings is 1. The highest BCUT2D eigenvalue weighted by molar-refractivity contribution is 5.80. The van der Waals surface area contributed by atoms with E-state index in [9.17, 15) is 14.7 Å². The van der Waals surface area contributed by atoms with Gasteiger partial charge in [-0.05, 0) is 25.0 Å². The molecule has 1 N–H and O–H groups in total. The van der Waals surface area contributed by atoms with Crippen molar-refractivity contribution in [1.82, 2.24) is 14.0 Å². The molecule has 1 aliphatic rings. The molecule has 1 heterocycles. The Kier molecular flexibility index (Phi) is 4.76. The van der Waals surface area contributed by atoms with Gasteiger partial charge < -0.3 is 10.0 Å². The fraction of sp³-hybridized carbons (Fsp3) is 0.556. The standard InChI is InChI=1S/C18H25N3O3/c1-19(11-13-7-3-6-10-16(13)22)17(23)12-21-15-9-5-4-8-14(15)20(2)18(21)24/h4-5,8-9,13,16,22H,3,6-7,10-12H2,1-2H3. The zero-order valence-electron chi connectivity index (χ0n) is 14.3. The fourth-order valence-corrected chi connectivity index (χ4v) is 3.63. The van der Waals surface area contributed by atoms with Gasteiger partial charge in [-0.15, -0.1) is 0 Å². The van der Waals surface area contributed by atoms with Gasteiger partial charge >= 0.3 is 5.69 Å². The monoisotopic (exact) mass is 331 g/mol. The van der Waals surface area contributed by atoms with Crippen LogP contribution in [0.1, 0.15) is 25.7 Å². The molecule has 0 aliphatic heterocycles. The molecule has 3 rings (SSSR count). The minimum atomic E-state index is -0.325. The molecule has 130 valence electrons. The third-order valence-electron chi connectivity index (χ3n) is 5.15. The van der Waals surface area contributed by atoms with E-state index in [0.717, 1.165) is 36.7 Å². The van der Waals surface area contributed by atoms with Crippen molar-refractivity contribution in [2.75, 3.05) is 13.6 Å². The Balaban J connectivity index is 1.75. The second kappa shape index (κ2) is 6.81. The predicted molar refractivity (Wildman–Crippen MR) is 92.8 cm³/mol. The van der Waals surface area contributed by atoms with Crippen LogP contribution in [-0.4, -0.2) is 44.7 Å². The number of aliphatic hydroxyl groups is 1. The number of likely N-dealkylation sites (N-methyl/N-ethyl adjacent to an activating group) is 1. The van der Waals surface area contributed by atoms with E-state index in [2.05, 4.69) is 0 Å². The van der Waals surface area contributed by atoms with Gasteiger partial charge in [0.25, 0.3) is 0 Å². The minimum absolute atomic E-state index is 0.0273. The summed E-state index contributed by atoms with van der Waals surface area (Å²) in [5.74, 6) is 0.0307. The molecule has 0 spiro atoms. The Morgan fingerprint density at radius 1 is 1.25 bits per heavy atom. The molecule has 0 bridgehead atoms. The van der Waals surface area contributed by atoms with Crippen LogP contribution in [0.15, 0.2) is 29.1 Å². The number of nitrogens with zero attached hydrogens (tertiary/aromatic N) is 3. The van der Waals surface area contributed by atoms with E-state index in [1.165, 1.54) is 4.57 Å². The number of benzene rings is 1. The number of amides is 1. The number of aryl methyl sites for hydroxylation is 1. The van der Waals surface area contributed by atoms with Crippen LogP contribution in [0.4, 0.5) is 0 Å². The van der Waals surface area contributed by atoms with Crippen molar-refractivity contribution in [3.05, 3.63) is 34.7 Å². The van der Waals surface area contributed by atoms with E-state index in [-0.39, 0.29) is 30.2 Å². The maximum absolute atomic E-state index is 12.6. The van der Waals surface area contributed by atoms with Crippen LogP contribution in [-0.2, 0) is 18.4 Å². The highest BCUT2D eigenvalue weighted by atomic mass is 16.3. The van der Waals surface area contributed by atoms with Crippen LogP contribution >= 0.6 is 0 Å². The van der Waals surface area contributed by atoms with Gasteiger partial charge in [0.1, 0.15) is 6.54 Å². The predicted octanol–water partition coefficient (Wildman–Crippen LogP) is 1.35. The molecule has 1 fully saturated rings. The van der Waals surface area contributed by atoms with E-state index in [4.69, 9.17) is 0 Å². The van der Waals surface area contributed by atoms with Crippen molar-refractivity contribution in [2.45, 2.75) is 38.3 Å². The van der Waals surface area contributed by atoms with Crippen LogP contribution in [0, 0.1) is 5.92 Å². The van der Waals surface area contributed by atoms with Crippen LogP contribution in [0.5, 0.6) is 0 Å². The molecule has 6 nitrogen and oxygen atoms in total. The summed E-state index contributed by atoms with van der Waals surface area (Å²) in [5, 5.41) is 10.1. The lowest BCUT2D eigenvalue weighted by molar-refractivity contribution is -0.131. The molecule has 1 aromatic heterocycles. The number of carbonyl (C=O) groups is 1. The number of rotatable bonds is 4. The first-order chi connectivity index (χ1) is 11.5. The van der Waals surface area contributed by atoms with Crippen molar-refractivity contribution >= 4 is 16.9 Å². The second-order valence-electron chi connectivity index (χ2n) is 6.80. The first kappa shape index (κ1) is 16.8. The Morgan fingerprint density at radius 2 is 1.92 bits per heavy atom. The van der Waals surface area contributed by atoms with Crippen LogP contribution in [0.2, 0.25) is 0 Å². The number of aliphatic hydroxyl groups excluding tert-OH is 1. The molecule has 24 heavy (non-hydrogen) atoms. The lowest BCUT2D eigenvalue weighted by Crippen LogP contribution is -2.40. The van der Waals surface area contributed by atoms with E-state index in [1.807, 2.05) is 24.3 Å². The molecule has 0 saturated heterocycles. The summed E-state index contributed by atoms with van der Waals surface area (Å²) in [4.78, 5) is 26.6. The Morgan fingerprint density at radius 3 is 2.62 bits per heavy atom. The van der Waals surface area contributed by atoms with Crippen molar-refractivity contribution in [3.63, 3.8) is 0 Å². The number of aromatic nitrogens is 2. The SMILES string of the molecule is CN(CC1CCCCC1O)C(=O)Cn1c(=O)n(C)c2ccccc21. The zero-order chi connectivity index (χ0) is 17.3. The van der Waals surface area contributed by atoms with E-state index in [0.29, 0.717) is 6.54 Å². The van der Waals surface area contributed by atoms with Gasteiger partial charge in [-0.3, -0.25) is 13.9 Å². The van der Waals surface area contributed by atoms with Gasteiger partial charge in [-0.2, -0.15) is 0 Å². The molecule has 1 amide bonds. The smallest absolute Gasteiger partial charge is 0.329 e. The van der Waals surface area contributed by atoms with Crippen molar-refractivity contribution < 1.29 is 9.90 Å². The number of hydrogen-bond donors (Lipinski definition) is 1. The lowest BCUT2D eigenvalue weighted by Gasteiger charge is -2.31. The Hall–Kier alpha value is -2.08. The maximum atomic E-state index is 12.6. The highest BCUT2D eigenvalue weighted by Crippen LogP contribution is 2.25. The number of para-hydroxylation sites is 2. The second-order valence-corrected chi connectivity index (χ2v) is 6.80. The molecule has 2 unspecified atom stereocenters. The molecular formula is C18H25N3O3. The van der Waals surface area contributed by atoms with Gasteiger partial charge in [0.05, 0.1) is 17.1 Å². The maximum Gasteiger partial charge on any atom is 0.329 e. The van der Waals surface area contributed by atoms with E-state index in [1.54, 1.807) is 23.6 Å². The Bertz CT molecular complexity index is 792. The lowest BCUT2D eigenvalue weighted by atomic mass is 9.86. The van der Waals surface area contributed by atoms with Crippen molar-refractivity contribution in [2.24, 2.45) is 13.0 Å². The largest absolute Gasteiger partial charge is 0.393 e. The summed E-state index contributed by atoms with van der Waals surface area (Å²) in [5.41, 5.74) is 1.40. The average Bonchev–Trinajstić information content (AvgIpc) is 2.82. The summed E-state index contributed by atoms with van der Waals surface area (Å²) in [6.07, 6.45) is 3.60. The van der Waals surface area contributed by atoms with E-state index < -0.39 is 0 Å². The van der Waals surface area contributed by atoms with Gasteiger partial charge in [0, 0.05) is 26.6 Å². The van der Waals surface area contributed by atoms with Gasteiger partial charge in [0.15, 0.2) is 0 Å². The topological polar surface area (TPSA) is 67.5 Å². The molecule has 6 heteroatoms. The van der Waals surface area contributed by atoms with Crippen LogP contribution < -0.4 is 5.69 Å². The highest BCUT2D eigenvalue weighted by Gasteiger charge is 2.26. The van der Waals surface area contributed by atoms with Gasteiger partial charge in [-0.25, -0.2) is 4.79 Å².